The van der Waals surface area contributed by atoms with Gasteiger partial charge >= 0.3 is 0 Å². The smallest absolute Gasteiger partial charge is 0.225 e. The van der Waals surface area contributed by atoms with Crippen LogP contribution in [-0.4, -0.2) is 33.0 Å². The second kappa shape index (κ2) is 7.51. The van der Waals surface area contributed by atoms with E-state index in [9.17, 15) is 9.59 Å². The van der Waals surface area contributed by atoms with Crippen molar-refractivity contribution in [1.82, 2.24) is 20.0 Å². The van der Waals surface area contributed by atoms with E-state index in [4.69, 9.17) is 0 Å². The van der Waals surface area contributed by atoms with E-state index < -0.39 is 0 Å². The minimum absolute atomic E-state index is 0.0638. The van der Waals surface area contributed by atoms with Crippen molar-refractivity contribution < 1.29 is 9.59 Å². The minimum Gasteiger partial charge on any atom is -0.349 e. The molecule has 0 saturated carbocycles. The van der Waals surface area contributed by atoms with Gasteiger partial charge in [0.1, 0.15) is 0 Å². The Morgan fingerprint density at radius 2 is 2.08 bits per heavy atom. The van der Waals surface area contributed by atoms with Crippen LogP contribution in [0.25, 0.3) is 0 Å². The van der Waals surface area contributed by atoms with E-state index in [0.29, 0.717) is 0 Å². The van der Waals surface area contributed by atoms with Crippen LogP contribution in [0.4, 0.5) is 0 Å². The lowest BCUT2D eigenvalue weighted by Gasteiger charge is -2.27. The Labute approximate surface area is 147 Å². The maximum absolute atomic E-state index is 12.9. The van der Waals surface area contributed by atoms with Crippen LogP contribution >= 0.6 is 0 Å². The van der Waals surface area contributed by atoms with Gasteiger partial charge in [-0.2, -0.15) is 5.10 Å². The maximum Gasteiger partial charge on any atom is 0.225 e. The highest BCUT2D eigenvalue weighted by Crippen LogP contribution is 2.33. The molecule has 0 spiro atoms. The van der Waals surface area contributed by atoms with Crippen LogP contribution in [0.15, 0.2) is 42.7 Å². The molecule has 1 aromatic carbocycles. The number of hydrogen-bond donors (Lipinski definition) is 1. The second-order valence-electron chi connectivity index (χ2n) is 6.56. The van der Waals surface area contributed by atoms with Crippen molar-refractivity contribution >= 4 is 11.8 Å². The number of benzene rings is 1. The van der Waals surface area contributed by atoms with Gasteiger partial charge in [-0.25, -0.2) is 0 Å². The third kappa shape index (κ3) is 4.07. The van der Waals surface area contributed by atoms with Crippen molar-refractivity contribution in [3.63, 3.8) is 0 Å². The van der Waals surface area contributed by atoms with Gasteiger partial charge in [0.15, 0.2) is 0 Å². The molecule has 2 atom stereocenters. The van der Waals surface area contributed by atoms with E-state index in [0.717, 1.165) is 30.5 Å². The van der Waals surface area contributed by atoms with Crippen LogP contribution in [0, 0.1) is 0 Å². The molecule has 1 aromatic heterocycles. The summed E-state index contributed by atoms with van der Waals surface area (Å²) >= 11 is 0. The summed E-state index contributed by atoms with van der Waals surface area (Å²) in [5, 5.41) is 7.13. The Morgan fingerprint density at radius 1 is 1.32 bits per heavy atom. The molecule has 2 heterocycles. The van der Waals surface area contributed by atoms with Crippen molar-refractivity contribution in [2.24, 2.45) is 7.05 Å². The Hall–Kier alpha value is -2.63. The molecule has 0 radical (unpaired) electrons. The maximum atomic E-state index is 12.9. The summed E-state index contributed by atoms with van der Waals surface area (Å²) in [6.45, 7) is 2.23. The van der Waals surface area contributed by atoms with E-state index in [-0.39, 0.29) is 30.3 Å². The van der Waals surface area contributed by atoms with Gasteiger partial charge in [-0.1, -0.05) is 30.3 Å². The van der Waals surface area contributed by atoms with Crippen LogP contribution in [0.2, 0.25) is 0 Å². The minimum atomic E-state index is -0.304. The van der Waals surface area contributed by atoms with Crippen molar-refractivity contribution in [2.75, 3.05) is 6.54 Å². The number of nitrogens with one attached hydrogen (secondary N) is 1. The number of nitrogens with zero attached hydrogens (tertiary/aromatic N) is 3. The fourth-order valence-electron chi connectivity index (χ4n) is 3.50. The molecule has 2 amide bonds. The summed E-state index contributed by atoms with van der Waals surface area (Å²) in [6.07, 6.45) is 6.01. The number of aryl methyl sites for hydroxylation is 1. The average molecular weight is 340 g/mol. The molecule has 3 rings (SSSR count). The standard InChI is InChI=1S/C19H24N4O2/c1-14(24)21-17(15-7-4-3-5-8-15)11-19(25)23-10-6-9-18(23)16-12-20-22(2)13-16/h3-5,7-8,12-13,17-18H,6,9-11H2,1-2H3,(H,21,24)/t17-,18-/m1/s1. The van der Waals surface area contributed by atoms with Gasteiger partial charge in [0, 0.05) is 32.3 Å². The zero-order chi connectivity index (χ0) is 17.8. The summed E-state index contributed by atoms with van der Waals surface area (Å²) in [7, 11) is 1.88. The van der Waals surface area contributed by atoms with Gasteiger partial charge in [-0.3, -0.25) is 14.3 Å². The predicted molar refractivity (Wildman–Crippen MR) is 94.5 cm³/mol. The molecule has 6 nitrogen and oxygen atoms in total. The first-order valence-electron chi connectivity index (χ1n) is 8.64. The zero-order valence-corrected chi connectivity index (χ0v) is 14.7. The number of carbonyl (C=O) groups is 2. The first-order chi connectivity index (χ1) is 12.0. The monoisotopic (exact) mass is 340 g/mol. The molecule has 0 bridgehead atoms. The molecule has 0 unspecified atom stereocenters. The average Bonchev–Trinajstić information content (AvgIpc) is 3.23. The number of rotatable bonds is 5. The quantitative estimate of drug-likeness (QED) is 0.908. The second-order valence-corrected chi connectivity index (χ2v) is 6.56. The lowest BCUT2D eigenvalue weighted by atomic mass is 10.0. The molecule has 25 heavy (non-hydrogen) atoms. The molecule has 132 valence electrons. The first kappa shape index (κ1) is 17.2. The predicted octanol–water partition coefficient (Wildman–Crippen LogP) is 2.35. The van der Waals surface area contributed by atoms with Gasteiger partial charge in [0.2, 0.25) is 11.8 Å². The molecule has 6 heteroatoms. The molecule has 1 N–H and O–H groups in total. The van der Waals surface area contributed by atoms with Crippen LogP contribution in [0.3, 0.4) is 0 Å². The van der Waals surface area contributed by atoms with Crippen LogP contribution in [-0.2, 0) is 16.6 Å². The van der Waals surface area contributed by atoms with Gasteiger partial charge in [0.25, 0.3) is 0 Å². The fraction of sp³-hybridized carbons (Fsp3) is 0.421. The Kier molecular flexibility index (Phi) is 5.16. The number of amides is 2. The Bertz CT molecular complexity index is 741. The van der Waals surface area contributed by atoms with Crippen LogP contribution < -0.4 is 5.32 Å². The molecule has 1 saturated heterocycles. The van der Waals surface area contributed by atoms with Crippen molar-refractivity contribution in [1.29, 1.82) is 0 Å². The van der Waals surface area contributed by atoms with Crippen LogP contribution in [0.5, 0.6) is 0 Å². The summed E-state index contributed by atoms with van der Waals surface area (Å²) < 4.78 is 1.76. The number of likely N-dealkylation sites (tertiary alicyclic amines) is 1. The van der Waals surface area contributed by atoms with Gasteiger partial charge in [-0.05, 0) is 18.4 Å². The molecular weight excluding hydrogens is 316 g/mol. The lowest BCUT2D eigenvalue weighted by molar-refractivity contribution is -0.133. The summed E-state index contributed by atoms with van der Waals surface area (Å²) in [5.41, 5.74) is 2.02. The van der Waals surface area contributed by atoms with Gasteiger partial charge < -0.3 is 10.2 Å². The summed E-state index contributed by atoms with van der Waals surface area (Å²) in [5.74, 6) is -0.0687. The largest absolute Gasteiger partial charge is 0.349 e. The van der Waals surface area contributed by atoms with E-state index in [1.165, 1.54) is 6.92 Å². The normalized spacial score (nSPS) is 18.2. The Morgan fingerprint density at radius 3 is 2.72 bits per heavy atom. The SMILES string of the molecule is CC(=O)N[C@H](CC(=O)N1CCC[C@@H]1c1cnn(C)c1)c1ccccc1. The van der Waals surface area contributed by atoms with E-state index in [2.05, 4.69) is 10.4 Å². The summed E-state index contributed by atoms with van der Waals surface area (Å²) in [6, 6.07) is 9.42. The molecule has 1 aliphatic rings. The van der Waals surface area contributed by atoms with Gasteiger partial charge in [-0.15, -0.1) is 0 Å². The fourth-order valence-corrected chi connectivity index (χ4v) is 3.50. The molecular formula is C19H24N4O2. The first-order valence-corrected chi connectivity index (χ1v) is 8.64. The van der Waals surface area contributed by atoms with Crippen molar-refractivity contribution in [3.05, 3.63) is 53.9 Å². The summed E-state index contributed by atoms with van der Waals surface area (Å²) in [4.78, 5) is 26.4. The zero-order valence-electron chi connectivity index (χ0n) is 14.7. The lowest BCUT2D eigenvalue weighted by Crippen LogP contribution is -2.35. The molecule has 0 aliphatic carbocycles. The topological polar surface area (TPSA) is 67.2 Å². The molecule has 1 fully saturated rings. The van der Waals surface area contributed by atoms with E-state index in [1.807, 2.05) is 54.7 Å². The highest BCUT2D eigenvalue weighted by Gasteiger charge is 2.32. The van der Waals surface area contributed by atoms with Crippen molar-refractivity contribution in [3.8, 4) is 0 Å². The molecule has 1 aliphatic heterocycles. The highest BCUT2D eigenvalue weighted by molar-refractivity contribution is 5.79. The van der Waals surface area contributed by atoms with E-state index in [1.54, 1.807) is 4.68 Å². The highest BCUT2D eigenvalue weighted by atomic mass is 16.2. The van der Waals surface area contributed by atoms with E-state index >= 15 is 0 Å². The number of carbonyl (C=O) groups excluding carboxylic acids is 2. The van der Waals surface area contributed by atoms with Crippen molar-refractivity contribution in [2.45, 2.75) is 38.3 Å². The Balaban J connectivity index is 1.75. The van der Waals surface area contributed by atoms with Crippen LogP contribution in [0.1, 0.15) is 49.4 Å². The number of hydrogen-bond acceptors (Lipinski definition) is 3. The third-order valence-electron chi connectivity index (χ3n) is 4.64. The molecule has 2 aromatic rings. The third-order valence-corrected chi connectivity index (χ3v) is 4.64. The van der Waals surface area contributed by atoms with Gasteiger partial charge in [0.05, 0.1) is 24.7 Å². The number of aromatic nitrogens is 2.